The number of allylic oxidation sites excluding steroid dienone is 2. The predicted octanol–water partition coefficient (Wildman–Crippen LogP) is 3.52. The van der Waals surface area contributed by atoms with Crippen LogP contribution in [0.4, 0.5) is 0 Å². The van der Waals surface area contributed by atoms with Gasteiger partial charge in [0.2, 0.25) is 0 Å². The highest BCUT2D eigenvalue weighted by atomic mass is 35.5. The van der Waals surface area contributed by atoms with Gasteiger partial charge >= 0.3 is 0 Å². The summed E-state index contributed by atoms with van der Waals surface area (Å²) in [6.07, 6.45) is 8.68. The maximum atomic E-state index is 11.0. The topological polar surface area (TPSA) is 17.1 Å². The van der Waals surface area contributed by atoms with Crippen LogP contribution in [0.3, 0.4) is 0 Å². The van der Waals surface area contributed by atoms with Crippen molar-refractivity contribution in [2.24, 2.45) is 0 Å². The summed E-state index contributed by atoms with van der Waals surface area (Å²) in [5, 5.41) is 0. The second-order valence-electron chi connectivity index (χ2n) is 2.77. The molecule has 0 bridgehead atoms. The SMILES string of the molecule is CC=CCC(=O)CCCCC.Cl. The van der Waals surface area contributed by atoms with Crippen molar-refractivity contribution in [2.45, 2.75) is 46.0 Å². The number of ketones is 1. The van der Waals surface area contributed by atoms with Crippen molar-refractivity contribution in [2.75, 3.05) is 0 Å². The predicted molar refractivity (Wildman–Crippen MR) is 55.8 cm³/mol. The van der Waals surface area contributed by atoms with Crippen molar-refractivity contribution in [1.29, 1.82) is 0 Å². The van der Waals surface area contributed by atoms with Crippen molar-refractivity contribution in [3.05, 3.63) is 12.2 Å². The van der Waals surface area contributed by atoms with E-state index in [-0.39, 0.29) is 12.4 Å². The maximum Gasteiger partial charge on any atom is 0.136 e. The van der Waals surface area contributed by atoms with Crippen molar-refractivity contribution in [3.8, 4) is 0 Å². The van der Waals surface area contributed by atoms with Crippen LogP contribution in [0.2, 0.25) is 0 Å². The molecule has 0 fully saturated rings. The van der Waals surface area contributed by atoms with Gasteiger partial charge in [-0.05, 0) is 13.3 Å². The Morgan fingerprint density at radius 3 is 2.50 bits per heavy atom. The molecule has 2 heteroatoms. The minimum absolute atomic E-state index is 0. The zero-order chi connectivity index (χ0) is 8.53. The van der Waals surface area contributed by atoms with Crippen LogP contribution in [0, 0.1) is 0 Å². The zero-order valence-corrected chi connectivity index (χ0v) is 8.82. The lowest BCUT2D eigenvalue weighted by Gasteiger charge is -1.95. The van der Waals surface area contributed by atoms with Gasteiger partial charge in [-0.15, -0.1) is 12.4 Å². The molecule has 0 aliphatic rings. The first kappa shape index (κ1) is 14.2. The Bertz CT molecular complexity index is 130. The molecular formula is C10H19ClO. The molecule has 0 aromatic carbocycles. The van der Waals surface area contributed by atoms with E-state index in [0.29, 0.717) is 12.2 Å². The molecule has 0 radical (unpaired) electrons. The van der Waals surface area contributed by atoms with E-state index < -0.39 is 0 Å². The lowest BCUT2D eigenvalue weighted by atomic mass is 10.1. The third-order valence-electron chi connectivity index (χ3n) is 1.64. The van der Waals surface area contributed by atoms with Crippen LogP contribution in [0.15, 0.2) is 12.2 Å². The van der Waals surface area contributed by atoms with Crippen LogP contribution >= 0.6 is 12.4 Å². The second kappa shape index (κ2) is 10.7. The van der Waals surface area contributed by atoms with E-state index in [2.05, 4.69) is 6.92 Å². The maximum absolute atomic E-state index is 11.0. The molecule has 0 amide bonds. The highest BCUT2D eigenvalue weighted by molar-refractivity contribution is 5.85. The molecule has 0 rings (SSSR count). The van der Waals surface area contributed by atoms with Gasteiger partial charge in [0.1, 0.15) is 5.78 Å². The summed E-state index contributed by atoms with van der Waals surface area (Å²) >= 11 is 0. The number of halogens is 1. The summed E-state index contributed by atoms with van der Waals surface area (Å²) < 4.78 is 0. The third-order valence-corrected chi connectivity index (χ3v) is 1.64. The molecule has 0 saturated heterocycles. The summed E-state index contributed by atoms with van der Waals surface area (Å²) in [4.78, 5) is 11.0. The molecule has 72 valence electrons. The summed E-state index contributed by atoms with van der Waals surface area (Å²) in [7, 11) is 0. The Morgan fingerprint density at radius 2 is 2.00 bits per heavy atom. The Kier molecular flexibility index (Phi) is 12.7. The molecule has 0 aromatic heterocycles. The Morgan fingerprint density at radius 1 is 1.33 bits per heavy atom. The van der Waals surface area contributed by atoms with Gasteiger partial charge in [-0.1, -0.05) is 31.9 Å². The van der Waals surface area contributed by atoms with Gasteiger partial charge in [0.25, 0.3) is 0 Å². The molecule has 0 unspecified atom stereocenters. The molecule has 0 spiro atoms. The number of hydrogen-bond acceptors (Lipinski definition) is 1. The molecule has 0 heterocycles. The second-order valence-corrected chi connectivity index (χ2v) is 2.77. The lowest BCUT2D eigenvalue weighted by Crippen LogP contribution is -1.94. The Labute approximate surface area is 81.6 Å². The van der Waals surface area contributed by atoms with Gasteiger partial charge in [-0.3, -0.25) is 4.79 Å². The van der Waals surface area contributed by atoms with E-state index in [1.165, 1.54) is 12.8 Å². The highest BCUT2D eigenvalue weighted by Gasteiger charge is 1.96. The van der Waals surface area contributed by atoms with Gasteiger partial charge in [0.15, 0.2) is 0 Å². The van der Waals surface area contributed by atoms with Crippen LogP contribution in [0.1, 0.15) is 46.0 Å². The van der Waals surface area contributed by atoms with Crippen LogP contribution in [-0.4, -0.2) is 5.78 Å². The quantitative estimate of drug-likeness (QED) is 0.463. The fourth-order valence-corrected chi connectivity index (χ4v) is 0.924. The lowest BCUT2D eigenvalue weighted by molar-refractivity contribution is -0.118. The number of Topliss-reactive ketones (excluding diaryl/α,β-unsaturated/α-hetero) is 1. The molecule has 0 atom stereocenters. The molecule has 0 aliphatic carbocycles. The highest BCUT2D eigenvalue weighted by Crippen LogP contribution is 2.01. The molecule has 0 aliphatic heterocycles. The summed E-state index contributed by atoms with van der Waals surface area (Å²) in [5.41, 5.74) is 0. The molecule has 0 saturated carbocycles. The molecular weight excluding hydrogens is 172 g/mol. The largest absolute Gasteiger partial charge is 0.299 e. The van der Waals surface area contributed by atoms with Crippen LogP contribution in [0.25, 0.3) is 0 Å². The van der Waals surface area contributed by atoms with E-state index in [4.69, 9.17) is 0 Å². The first-order valence-corrected chi connectivity index (χ1v) is 4.44. The van der Waals surface area contributed by atoms with Crippen LogP contribution in [0.5, 0.6) is 0 Å². The number of carbonyl (C=O) groups is 1. The number of hydrogen-bond donors (Lipinski definition) is 0. The van der Waals surface area contributed by atoms with E-state index >= 15 is 0 Å². The van der Waals surface area contributed by atoms with E-state index in [0.717, 1.165) is 12.8 Å². The van der Waals surface area contributed by atoms with Crippen LogP contribution in [-0.2, 0) is 4.79 Å². The van der Waals surface area contributed by atoms with Crippen molar-refractivity contribution < 1.29 is 4.79 Å². The zero-order valence-electron chi connectivity index (χ0n) is 8.01. The minimum Gasteiger partial charge on any atom is -0.299 e. The summed E-state index contributed by atoms with van der Waals surface area (Å²) in [6.45, 7) is 4.09. The molecule has 0 aromatic rings. The van der Waals surface area contributed by atoms with Gasteiger partial charge in [0, 0.05) is 12.8 Å². The third kappa shape index (κ3) is 9.70. The Hall–Kier alpha value is -0.300. The van der Waals surface area contributed by atoms with Crippen molar-refractivity contribution >= 4 is 18.2 Å². The van der Waals surface area contributed by atoms with Crippen molar-refractivity contribution in [3.63, 3.8) is 0 Å². The fourth-order valence-electron chi connectivity index (χ4n) is 0.924. The van der Waals surface area contributed by atoms with Gasteiger partial charge in [-0.25, -0.2) is 0 Å². The summed E-state index contributed by atoms with van der Waals surface area (Å²) in [5.74, 6) is 0.372. The standard InChI is InChI=1S/C10H18O.ClH/c1-3-5-7-9-10(11)8-6-4-2;/h4,6H,3,5,7-9H2,1-2H3;1H. The molecule has 12 heavy (non-hydrogen) atoms. The van der Waals surface area contributed by atoms with Gasteiger partial charge in [0.05, 0.1) is 0 Å². The smallest absolute Gasteiger partial charge is 0.136 e. The number of carbonyl (C=O) groups excluding carboxylic acids is 1. The van der Waals surface area contributed by atoms with Gasteiger partial charge in [-0.2, -0.15) is 0 Å². The Balaban J connectivity index is 0. The monoisotopic (exact) mass is 190 g/mol. The van der Waals surface area contributed by atoms with E-state index in [9.17, 15) is 4.79 Å². The van der Waals surface area contributed by atoms with E-state index in [1.54, 1.807) is 0 Å². The fraction of sp³-hybridized carbons (Fsp3) is 0.700. The minimum atomic E-state index is 0. The average molecular weight is 191 g/mol. The number of rotatable bonds is 6. The van der Waals surface area contributed by atoms with Crippen LogP contribution < -0.4 is 0 Å². The van der Waals surface area contributed by atoms with E-state index in [1.807, 2.05) is 19.1 Å². The number of unbranched alkanes of at least 4 members (excludes halogenated alkanes) is 2. The molecule has 0 N–H and O–H groups in total. The van der Waals surface area contributed by atoms with Crippen molar-refractivity contribution in [1.82, 2.24) is 0 Å². The normalized spacial score (nSPS) is 9.83. The van der Waals surface area contributed by atoms with Gasteiger partial charge < -0.3 is 0 Å². The first-order valence-electron chi connectivity index (χ1n) is 4.44. The molecule has 1 nitrogen and oxygen atoms in total. The average Bonchev–Trinajstić information content (AvgIpc) is 2.01. The summed E-state index contributed by atoms with van der Waals surface area (Å²) in [6, 6.07) is 0. The first-order chi connectivity index (χ1) is 5.31.